The van der Waals surface area contributed by atoms with Crippen molar-refractivity contribution < 1.29 is 9.53 Å². The third-order valence-electron chi connectivity index (χ3n) is 3.85. The monoisotopic (exact) mass is 261 g/mol. The van der Waals surface area contributed by atoms with E-state index in [1.54, 1.807) is 7.11 Å². The van der Waals surface area contributed by atoms with Crippen molar-refractivity contribution >= 4 is 5.91 Å². The van der Waals surface area contributed by atoms with Gasteiger partial charge in [-0.1, -0.05) is 19.1 Å². The van der Waals surface area contributed by atoms with E-state index in [1.165, 1.54) is 12.8 Å². The molecule has 0 saturated heterocycles. The second kappa shape index (κ2) is 6.71. The van der Waals surface area contributed by atoms with Crippen molar-refractivity contribution in [3.63, 3.8) is 0 Å². The molecule has 1 amide bonds. The number of hydrogen-bond donors (Lipinski definition) is 1. The molecular weight excluding hydrogens is 238 g/mol. The lowest BCUT2D eigenvalue weighted by molar-refractivity contribution is 0.0922. The van der Waals surface area contributed by atoms with Crippen LogP contribution in [0.4, 0.5) is 0 Å². The van der Waals surface area contributed by atoms with Crippen LogP contribution in [0.15, 0.2) is 24.3 Å². The molecular formula is C16H23NO2. The summed E-state index contributed by atoms with van der Waals surface area (Å²) in [6.07, 6.45) is 4.64. The average molecular weight is 261 g/mol. The fourth-order valence-electron chi connectivity index (χ4n) is 2.64. The zero-order valence-electron chi connectivity index (χ0n) is 11.8. The lowest BCUT2D eigenvalue weighted by atomic mass is 9.87. The quantitative estimate of drug-likeness (QED) is 0.904. The Kier molecular flexibility index (Phi) is 4.97. The molecule has 0 heterocycles. The summed E-state index contributed by atoms with van der Waals surface area (Å²) in [6, 6.07) is 7.99. The molecule has 2 rings (SSSR count). The Hall–Kier alpha value is -1.35. The summed E-state index contributed by atoms with van der Waals surface area (Å²) in [5, 5.41) is 3.15. The highest BCUT2D eigenvalue weighted by atomic mass is 16.5. The molecule has 1 N–H and O–H groups in total. The summed E-state index contributed by atoms with van der Waals surface area (Å²) in [5.41, 5.74) is 1.76. The standard InChI is InChI=1S/C16H23NO2/c1-12-6-8-15(9-7-12)17-16(18)14-5-3-4-13(10-14)11-19-2/h3-5,10,12,15H,6-9,11H2,1-2H3,(H,17,18). The molecule has 0 bridgehead atoms. The topological polar surface area (TPSA) is 38.3 Å². The predicted octanol–water partition coefficient (Wildman–Crippen LogP) is 3.14. The zero-order valence-corrected chi connectivity index (χ0v) is 11.8. The molecule has 104 valence electrons. The maximum atomic E-state index is 12.2. The Bertz CT molecular complexity index is 423. The van der Waals surface area contributed by atoms with E-state index in [1.807, 2.05) is 24.3 Å². The smallest absolute Gasteiger partial charge is 0.251 e. The van der Waals surface area contributed by atoms with E-state index in [4.69, 9.17) is 4.74 Å². The summed E-state index contributed by atoms with van der Waals surface area (Å²) in [4.78, 5) is 12.2. The first-order valence-corrected chi connectivity index (χ1v) is 7.07. The molecule has 1 saturated carbocycles. The molecule has 3 heteroatoms. The van der Waals surface area contributed by atoms with Gasteiger partial charge in [0.25, 0.3) is 5.91 Å². The van der Waals surface area contributed by atoms with Gasteiger partial charge in [0.1, 0.15) is 0 Å². The summed E-state index contributed by atoms with van der Waals surface area (Å²) < 4.78 is 5.09. The molecule has 0 atom stereocenters. The Labute approximate surface area is 115 Å². The van der Waals surface area contributed by atoms with Crippen molar-refractivity contribution in [3.8, 4) is 0 Å². The Morgan fingerprint density at radius 2 is 2.05 bits per heavy atom. The van der Waals surface area contributed by atoms with Crippen molar-refractivity contribution in [1.29, 1.82) is 0 Å². The van der Waals surface area contributed by atoms with Crippen LogP contribution in [0.1, 0.15) is 48.5 Å². The van der Waals surface area contributed by atoms with Crippen LogP contribution in [0.2, 0.25) is 0 Å². The predicted molar refractivity (Wildman–Crippen MR) is 76.0 cm³/mol. The van der Waals surface area contributed by atoms with Gasteiger partial charge in [0.2, 0.25) is 0 Å². The van der Waals surface area contributed by atoms with Crippen LogP contribution >= 0.6 is 0 Å². The maximum Gasteiger partial charge on any atom is 0.251 e. The highest BCUT2D eigenvalue weighted by Crippen LogP contribution is 2.23. The number of carbonyl (C=O) groups excluding carboxylic acids is 1. The van der Waals surface area contributed by atoms with Crippen molar-refractivity contribution in [3.05, 3.63) is 35.4 Å². The fourth-order valence-corrected chi connectivity index (χ4v) is 2.64. The Balaban J connectivity index is 1.94. The molecule has 1 aliphatic carbocycles. The molecule has 1 aromatic rings. The van der Waals surface area contributed by atoms with E-state index in [2.05, 4.69) is 12.2 Å². The minimum atomic E-state index is 0.0394. The molecule has 0 aromatic heterocycles. The minimum absolute atomic E-state index is 0.0394. The van der Waals surface area contributed by atoms with E-state index in [0.29, 0.717) is 12.6 Å². The van der Waals surface area contributed by atoms with E-state index in [-0.39, 0.29) is 5.91 Å². The number of carbonyl (C=O) groups is 1. The van der Waals surface area contributed by atoms with Crippen LogP contribution < -0.4 is 5.32 Å². The number of ether oxygens (including phenoxy) is 1. The first-order chi connectivity index (χ1) is 9.19. The highest BCUT2D eigenvalue weighted by Gasteiger charge is 2.20. The normalized spacial score (nSPS) is 23.1. The van der Waals surface area contributed by atoms with Crippen molar-refractivity contribution in [1.82, 2.24) is 5.32 Å². The second-order valence-corrected chi connectivity index (χ2v) is 5.56. The second-order valence-electron chi connectivity index (χ2n) is 5.56. The molecule has 1 aliphatic rings. The Morgan fingerprint density at radius 3 is 2.74 bits per heavy atom. The summed E-state index contributed by atoms with van der Waals surface area (Å²) in [7, 11) is 1.66. The zero-order chi connectivity index (χ0) is 13.7. The fraction of sp³-hybridized carbons (Fsp3) is 0.562. The van der Waals surface area contributed by atoms with E-state index in [0.717, 1.165) is 29.9 Å². The van der Waals surface area contributed by atoms with E-state index >= 15 is 0 Å². The number of hydrogen-bond acceptors (Lipinski definition) is 2. The molecule has 3 nitrogen and oxygen atoms in total. The van der Waals surface area contributed by atoms with Crippen LogP contribution in [0, 0.1) is 5.92 Å². The van der Waals surface area contributed by atoms with Gasteiger partial charge in [-0.2, -0.15) is 0 Å². The number of rotatable bonds is 4. The maximum absolute atomic E-state index is 12.2. The van der Waals surface area contributed by atoms with Crippen LogP contribution in [0.3, 0.4) is 0 Å². The SMILES string of the molecule is COCc1cccc(C(=O)NC2CCC(C)CC2)c1. The van der Waals surface area contributed by atoms with Crippen molar-refractivity contribution in [2.75, 3.05) is 7.11 Å². The first-order valence-electron chi connectivity index (χ1n) is 7.07. The number of methoxy groups -OCH3 is 1. The molecule has 0 aliphatic heterocycles. The number of nitrogens with one attached hydrogen (secondary N) is 1. The van der Waals surface area contributed by atoms with Gasteiger partial charge in [-0.15, -0.1) is 0 Å². The molecule has 0 unspecified atom stereocenters. The lowest BCUT2D eigenvalue weighted by Crippen LogP contribution is -2.37. The summed E-state index contributed by atoms with van der Waals surface area (Å²) >= 11 is 0. The van der Waals surface area contributed by atoms with Crippen LogP contribution in [0.25, 0.3) is 0 Å². The van der Waals surface area contributed by atoms with Crippen molar-refractivity contribution in [2.24, 2.45) is 5.92 Å². The van der Waals surface area contributed by atoms with Gasteiger partial charge in [0.05, 0.1) is 6.61 Å². The number of benzene rings is 1. The van der Waals surface area contributed by atoms with Gasteiger partial charge in [-0.25, -0.2) is 0 Å². The molecule has 1 aromatic carbocycles. The van der Waals surface area contributed by atoms with Crippen LogP contribution in [0.5, 0.6) is 0 Å². The van der Waals surface area contributed by atoms with E-state index in [9.17, 15) is 4.79 Å². The summed E-state index contributed by atoms with van der Waals surface area (Å²) in [5.74, 6) is 0.843. The third-order valence-corrected chi connectivity index (χ3v) is 3.85. The first kappa shape index (κ1) is 14.1. The average Bonchev–Trinajstić information content (AvgIpc) is 2.42. The van der Waals surface area contributed by atoms with Gasteiger partial charge >= 0.3 is 0 Å². The molecule has 0 radical (unpaired) electrons. The van der Waals surface area contributed by atoms with Gasteiger partial charge in [-0.3, -0.25) is 4.79 Å². The summed E-state index contributed by atoms with van der Waals surface area (Å²) in [6.45, 7) is 2.83. The number of amides is 1. The third kappa shape index (κ3) is 4.06. The largest absolute Gasteiger partial charge is 0.380 e. The van der Waals surface area contributed by atoms with Gasteiger partial charge in [-0.05, 0) is 49.3 Å². The van der Waals surface area contributed by atoms with Crippen LogP contribution in [-0.2, 0) is 11.3 Å². The minimum Gasteiger partial charge on any atom is -0.380 e. The lowest BCUT2D eigenvalue weighted by Gasteiger charge is -2.26. The van der Waals surface area contributed by atoms with Crippen molar-refractivity contribution in [2.45, 2.75) is 45.3 Å². The van der Waals surface area contributed by atoms with E-state index < -0.39 is 0 Å². The van der Waals surface area contributed by atoms with Crippen LogP contribution in [-0.4, -0.2) is 19.1 Å². The molecule has 1 fully saturated rings. The van der Waals surface area contributed by atoms with Gasteiger partial charge in [0, 0.05) is 18.7 Å². The molecule has 0 spiro atoms. The highest BCUT2D eigenvalue weighted by molar-refractivity contribution is 5.94. The Morgan fingerprint density at radius 1 is 1.32 bits per heavy atom. The van der Waals surface area contributed by atoms with Gasteiger partial charge in [0.15, 0.2) is 0 Å². The van der Waals surface area contributed by atoms with Gasteiger partial charge < -0.3 is 10.1 Å². The molecule has 19 heavy (non-hydrogen) atoms.